The van der Waals surface area contributed by atoms with Crippen molar-refractivity contribution in [1.82, 2.24) is 14.7 Å². The number of carbonyl (C=O) groups excluding carboxylic acids is 3. The number of hydrogen-bond acceptors (Lipinski definition) is 3. The van der Waals surface area contributed by atoms with Gasteiger partial charge in [-0.3, -0.25) is 14.4 Å². The molecule has 4 rings (SSSR count). The number of carbonyl (C=O) groups is 3. The van der Waals surface area contributed by atoms with Crippen LogP contribution in [0.15, 0.2) is 48.5 Å². The molecule has 12 heteroatoms. The number of nitrogens with zero attached hydrogens (tertiary/aromatic N) is 3. The lowest BCUT2D eigenvalue weighted by Crippen LogP contribution is -2.53. The van der Waals surface area contributed by atoms with Crippen LogP contribution >= 0.6 is 0 Å². The first-order valence-electron chi connectivity index (χ1n) is 13.3. The minimum atomic E-state index is -4.55. The summed E-state index contributed by atoms with van der Waals surface area (Å²) in [5, 5.41) is 0. The van der Waals surface area contributed by atoms with Crippen molar-refractivity contribution in [3.63, 3.8) is 0 Å². The van der Waals surface area contributed by atoms with Gasteiger partial charge in [-0.15, -0.1) is 0 Å². The molecule has 0 saturated carbocycles. The van der Waals surface area contributed by atoms with Gasteiger partial charge in [-0.05, 0) is 61.2 Å². The van der Waals surface area contributed by atoms with E-state index in [-0.39, 0.29) is 29.8 Å². The zero-order valence-electron chi connectivity index (χ0n) is 22.6. The highest BCUT2D eigenvalue weighted by Crippen LogP contribution is 2.36. The Balaban J connectivity index is 1.56. The van der Waals surface area contributed by atoms with E-state index in [1.807, 2.05) is 0 Å². The van der Waals surface area contributed by atoms with Crippen LogP contribution in [-0.2, 0) is 21.9 Å². The smallest absolute Gasteiger partial charge is 0.343 e. The van der Waals surface area contributed by atoms with Crippen LogP contribution in [0.2, 0.25) is 0 Å². The fraction of sp³-hybridized carbons (Fsp3) is 0.483. The molecule has 2 aliphatic rings. The van der Waals surface area contributed by atoms with Crippen LogP contribution in [0, 0.1) is 5.92 Å². The quantitative estimate of drug-likeness (QED) is 0.451. The number of benzene rings is 2. The van der Waals surface area contributed by atoms with Gasteiger partial charge in [-0.2, -0.15) is 26.3 Å². The van der Waals surface area contributed by atoms with Gasteiger partial charge in [0.2, 0.25) is 11.8 Å². The molecule has 2 unspecified atom stereocenters. The molecular formula is C29H31F6N3O3. The second-order valence-electron chi connectivity index (χ2n) is 10.6. The summed E-state index contributed by atoms with van der Waals surface area (Å²) in [5.74, 6) is -1.50. The Kier molecular flexibility index (Phi) is 8.70. The molecule has 6 nitrogen and oxygen atoms in total. The zero-order valence-corrected chi connectivity index (χ0v) is 22.6. The van der Waals surface area contributed by atoms with E-state index in [0.717, 1.165) is 36.4 Å². The number of hydrogen-bond donors (Lipinski definition) is 0. The summed E-state index contributed by atoms with van der Waals surface area (Å²) < 4.78 is 78.6. The number of rotatable bonds is 4. The second-order valence-corrected chi connectivity index (χ2v) is 10.6. The van der Waals surface area contributed by atoms with E-state index in [1.54, 1.807) is 9.80 Å². The van der Waals surface area contributed by atoms with E-state index >= 15 is 0 Å². The molecule has 2 atom stereocenters. The Morgan fingerprint density at radius 1 is 0.756 bits per heavy atom. The van der Waals surface area contributed by atoms with Gasteiger partial charge < -0.3 is 14.7 Å². The molecule has 2 aromatic rings. The third kappa shape index (κ3) is 6.84. The van der Waals surface area contributed by atoms with Crippen molar-refractivity contribution in [3.8, 4) is 0 Å². The normalized spacial score (nSPS) is 20.6. The lowest BCUT2D eigenvalue weighted by Gasteiger charge is -2.44. The summed E-state index contributed by atoms with van der Waals surface area (Å²) in [7, 11) is 1.51. The predicted molar refractivity (Wildman–Crippen MR) is 138 cm³/mol. The van der Waals surface area contributed by atoms with Crippen LogP contribution in [0.1, 0.15) is 59.2 Å². The lowest BCUT2D eigenvalue weighted by atomic mass is 9.83. The monoisotopic (exact) mass is 583 g/mol. The Labute approximate surface area is 233 Å². The minimum absolute atomic E-state index is 0.0439. The molecule has 2 aromatic carbocycles. The van der Waals surface area contributed by atoms with Gasteiger partial charge >= 0.3 is 12.4 Å². The van der Waals surface area contributed by atoms with Crippen LogP contribution < -0.4 is 0 Å². The maximum absolute atomic E-state index is 13.4. The topological polar surface area (TPSA) is 60.9 Å². The lowest BCUT2D eigenvalue weighted by molar-refractivity contribution is -0.141. The number of halogens is 6. The van der Waals surface area contributed by atoms with Gasteiger partial charge in [-0.25, -0.2) is 0 Å². The molecule has 3 amide bonds. The molecule has 0 aliphatic carbocycles. The van der Waals surface area contributed by atoms with E-state index in [2.05, 4.69) is 0 Å². The number of amides is 3. The van der Waals surface area contributed by atoms with Gasteiger partial charge in [0.1, 0.15) is 0 Å². The largest absolute Gasteiger partial charge is 0.416 e. The van der Waals surface area contributed by atoms with Crippen molar-refractivity contribution in [1.29, 1.82) is 0 Å². The number of likely N-dealkylation sites (tertiary alicyclic amines) is 2. The molecule has 222 valence electrons. The van der Waals surface area contributed by atoms with E-state index in [1.165, 1.54) is 31.0 Å². The summed E-state index contributed by atoms with van der Waals surface area (Å²) in [6.45, 7) is 2.87. The van der Waals surface area contributed by atoms with E-state index in [9.17, 15) is 40.7 Å². The maximum atomic E-state index is 13.4. The number of likely N-dealkylation sites (N-methyl/N-ethyl adjacent to an activating group) is 1. The van der Waals surface area contributed by atoms with E-state index < -0.39 is 41.3 Å². The molecule has 2 saturated heterocycles. The Morgan fingerprint density at radius 2 is 1.24 bits per heavy atom. The summed E-state index contributed by atoms with van der Waals surface area (Å²) in [6.07, 6.45) is -7.74. The second kappa shape index (κ2) is 11.7. The third-order valence-electron chi connectivity index (χ3n) is 8.12. The molecule has 2 heterocycles. The van der Waals surface area contributed by atoms with Gasteiger partial charge in [0.15, 0.2) is 0 Å². The van der Waals surface area contributed by atoms with Crippen molar-refractivity contribution in [2.24, 2.45) is 5.92 Å². The van der Waals surface area contributed by atoms with Gasteiger partial charge in [0.05, 0.1) is 11.1 Å². The van der Waals surface area contributed by atoms with E-state index in [4.69, 9.17) is 0 Å². The van der Waals surface area contributed by atoms with Crippen LogP contribution in [-0.4, -0.2) is 71.7 Å². The standard InChI is InChI=1S/C29H31F6N3O3/c1-18(39)37-14-11-21(12-15-37)27(41)38-16-13-25(24(17-38)19-3-7-22(8-4-19)28(30,31)32)36(2)26(40)20-5-9-23(10-6-20)29(33,34)35/h3-10,21,24-25H,11-17H2,1-2H3. The average molecular weight is 584 g/mol. The zero-order chi connectivity index (χ0) is 30.1. The minimum Gasteiger partial charge on any atom is -0.343 e. The first kappa shape index (κ1) is 30.4. The average Bonchev–Trinajstić information content (AvgIpc) is 2.95. The van der Waals surface area contributed by atoms with Crippen molar-refractivity contribution < 1.29 is 40.7 Å². The number of alkyl halides is 6. The van der Waals surface area contributed by atoms with Gasteiger partial charge in [0.25, 0.3) is 5.91 Å². The first-order valence-corrected chi connectivity index (χ1v) is 13.3. The maximum Gasteiger partial charge on any atom is 0.416 e. The fourth-order valence-corrected chi connectivity index (χ4v) is 5.71. The molecule has 41 heavy (non-hydrogen) atoms. The van der Waals surface area contributed by atoms with Crippen molar-refractivity contribution in [2.45, 2.75) is 50.5 Å². The van der Waals surface area contributed by atoms with Gasteiger partial charge in [0, 0.05) is 63.6 Å². The molecule has 0 bridgehead atoms. The molecule has 0 N–H and O–H groups in total. The summed E-state index contributed by atoms with van der Waals surface area (Å²) in [4.78, 5) is 43.2. The molecule has 2 fully saturated rings. The Hall–Kier alpha value is -3.57. The van der Waals surface area contributed by atoms with E-state index in [0.29, 0.717) is 44.5 Å². The molecule has 2 aliphatic heterocycles. The van der Waals surface area contributed by atoms with Crippen LogP contribution in [0.25, 0.3) is 0 Å². The SMILES string of the molecule is CC(=O)N1CCC(C(=O)N2CCC(N(C)C(=O)c3ccc(C(F)(F)F)cc3)C(c3ccc(C(F)(F)F)cc3)C2)CC1. The molecule has 0 spiro atoms. The number of piperidine rings is 2. The van der Waals surface area contributed by atoms with Crippen LogP contribution in [0.5, 0.6) is 0 Å². The van der Waals surface area contributed by atoms with Gasteiger partial charge in [-0.1, -0.05) is 12.1 Å². The van der Waals surface area contributed by atoms with Crippen LogP contribution in [0.4, 0.5) is 26.3 Å². The molecular weight excluding hydrogens is 552 g/mol. The van der Waals surface area contributed by atoms with Crippen molar-refractivity contribution >= 4 is 17.7 Å². The molecule has 0 radical (unpaired) electrons. The predicted octanol–water partition coefficient (Wildman–Crippen LogP) is 5.44. The molecule has 0 aromatic heterocycles. The van der Waals surface area contributed by atoms with Crippen LogP contribution in [0.3, 0.4) is 0 Å². The third-order valence-corrected chi connectivity index (χ3v) is 8.12. The van der Waals surface area contributed by atoms with Crippen molar-refractivity contribution in [2.75, 3.05) is 33.2 Å². The Morgan fingerprint density at radius 3 is 1.73 bits per heavy atom. The summed E-state index contributed by atoms with van der Waals surface area (Å²) in [6, 6.07) is 7.93. The highest BCUT2D eigenvalue weighted by Gasteiger charge is 2.40. The summed E-state index contributed by atoms with van der Waals surface area (Å²) in [5.41, 5.74) is -1.16. The fourth-order valence-electron chi connectivity index (χ4n) is 5.71. The van der Waals surface area contributed by atoms with Crippen molar-refractivity contribution in [3.05, 3.63) is 70.8 Å². The highest BCUT2D eigenvalue weighted by atomic mass is 19.4. The first-order chi connectivity index (χ1) is 19.2. The highest BCUT2D eigenvalue weighted by molar-refractivity contribution is 5.94. The summed E-state index contributed by atoms with van der Waals surface area (Å²) >= 11 is 0. The Bertz CT molecular complexity index is 1250.